The van der Waals surface area contributed by atoms with Gasteiger partial charge in [-0.25, -0.2) is 0 Å². The standard InChI is InChI=1S/C14H16/c1-3-7-13(8-4-1)11-12-14-9-5-2-6-10-14/h1,3-5,7-9,11-12,14H,2,6,10H2/b12-11+/t14-/m0/s1. The Morgan fingerprint density at radius 3 is 2.71 bits per heavy atom. The van der Waals surface area contributed by atoms with Crippen molar-refractivity contribution in [3.63, 3.8) is 0 Å². The minimum Gasteiger partial charge on any atom is -0.0879 e. The van der Waals surface area contributed by atoms with Crippen LogP contribution in [-0.4, -0.2) is 0 Å². The number of hydrogen-bond donors (Lipinski definition) is 0. The highest BCUT2D eigenvalue weighted by atomic mass is 14.1. The third-order valence-corrected chi connectivity index (χ3v) is 2.63. The van der Waals surface area contributed by atoms with E-state index in [0.717, 1.165) is 0 Å². The van der Waals surface area contributed by atoms with Crippen LogP contribution in [0, 0.1) is 5.92 Å². The predicted molar refractivity (Wildman–Crippen MR) is 62.0 cm³/mol. The van der Waals surface area contributed by atoms with Crippen molar-refractivity contribution in [2.45, 2.75) is 19.3 Å². The summed E-state index contributed by atoms with van der Waals surface area (Å²) in [5, 5.41) is 0. The van der Waals surface area contributed by atoms with Gasteiger partial charge in [0.1, 0.15) is 0 Å². The lowest BCUT2D eigenvalue weighted by atomic mass is 9.95. The molecule has 0 fully saturated rings. The molecule has 0 aromatic heterocycles. The van der Waals surface area contributed by atoms with Crippen molar-refractivity contribution in [2.75, 3.05) is 0 Å². The van der Waals surface area contributed by atoms with Crippen molar-refractivity contribution in [2.24, 2.45) is 5.92 Å². The fourth-order valence-corrected chi connectivity index (χ4v) is 1.80. The first-order valence-electron chi connectivity index (χ1n) is 5.35. The van der Waals surface area contributed by atoms with Gasteiger partial charge < -0.3 is 0 Å². The normalized spacial score (nSPS) is 21.6. The summed E-state index contributed by atoms with van der Waals surface area (Å²) in [5.74, 6) is 0.656. The second-order valence-corrected chi connectivity index (χ2v) is 3.79. The van der Waals surface area contributed by atoms with Gasteiger partial charge in [-0.15, -0.1) is 0 Å². The van der Waals surface area contributed by atoms with Crippen LogP contribution in [0.1, 0.15) is 24.8 Å². The topological polar surface area (TPSA) is 0 Å². The number of hydrogen-bond acceptors (Lipinski definition) is 0. The molecule has 0 N–H and O–H groups in total. The molecule has 0 aliphatic heterocycles. The first kappa shape index (κ1) is 9.26. The van der Waals surface area contributed by atoms with Gasteiger partial charge in [0, 0.05) is 0 Å². The average molecular weight is 184 g/mol. The van der Waals surface area contributed by atoms with E-state index in [1.54, 1.807) is 0 Å². The van der Waals surface area contributed by atoms with Crippen LogP contribution in [0.2, 0.25) is 0 Å². The lowest BCUT2D eigenvalue weighted by Crippen LogP contribution is -1.95. The molecule has 0 unspecified atom stereocenters. The van der Waals surface area contributed by atoms with Crippen LogP contribution in [0.25, 0.3) is 6.08 Å². The van der Waals surface area contributed by atoms with E-state index in [2.05, 4.69) is 54.6 Å². The largest absolute Gasteiger partial charge is 0.0879 e. The van der Waals surface area contributed by atoms with Gasteiger partial charge in [0.05, 0.1) is 0 Å². The summed E-state index contributed by atoms with van der Waals surface area (Å²) < 4.78 is 0. The Morgan fingerprint density at radius 2 is 2.00 bits per heavy atom. The summed E-state index contributed by atoms with van der Waals surface area (Å²) in [6, 6.07) is 10.5. The van der Waals surface area contributed by atoms with Crippen molar-refractivity contribution < 1.29 is 0 Å². The molecule has 1 aromatic carbocycles. The Balaban J connectivity index is 1.99. The van der Waals surface area contributed by atoms with Crippen molar-refractivity contribution >= 4 is 6.08 Å². The first-order valence-corrected chi connectivity index (χ1v) is 5.35. The molecule has 0 heterocycles. The minimum atomic E-state index is 0.656. The van der Waals surface area contributed by atoms with Crippen LogP contribution < -0.4 is 0 Å². The highest BCUT2D eigenvalue weighted by Gasteiger charge is 2.03. The van der Waals surface area contributed by atoms with E-state index >= 15 is 0 Å². The van der Waals surface area contributed by atoms with Gasteiger partial charge in [0.15, 0.2) is 0 Å². The van der Waals surface area contributed by atoms with Crippen LogP contribution in [0.3, 0.4) is 0 Å². The maximum absolute atomic E-state index is 2.32. The van der Waals surface area contributed by atoms with E-state index in [4.69, 9.17) is 0 Å². The minimum absolute atomic E-state index is 0.656. The van der Waals surface area contributed by atoms with Crippen molar-refractivity contribution in [3.8, 4) is 0 Å². The monoisotopic (exact) mass is 184 g/mol. The van der Waals surface area contributed by atoms with Crippen molar-refractivity contribution in [1.29, 1.82) is 0 Å². The van der Waals surface area contributed by atoms with Gasteiger partial charge in [0.25, 0.3) is 0 Å². The van der Waals surface area contributed by atoms with E-state index < -0.39 is 0 Å². The summed E-state index contributed by atoms with van der Waals surface area (Å²) >= 11 is 0. The molecule has 1 aliphatic rings. The van der Waals surface area contributed by atoms with Crippen LogP contribution in [0.5, 0.6) is 0 Å². The Hall–Kier alpha value is -1.30. The van der Waals surface area contributed by atoms with Gasteiger partial charge in [0.2, 0.25) is 0 Å². The number of benzene rings is 1. The Kier molecular flexibility index (Phi) is 3.18. The SMILES string of the molecule is C1=C[C@H](/C=C/c2ccccc2)CCC1. The molecule has 1 atom stereocenters. The molecule has 72 valence electrons. The Morgan fingerprint density at radius 1 is 1.14 bits per heavy atom. The molecule has 14 heavy (non-hydrogen) atoms. The quantitative estimate of drug-likeness (QED) is 0.608. The maximum Gasteiger partial charge on any atom is -0.00501 e. The lowest BCUT2D eigenvalue weighted by molar-refractivity contribution is 0.632. The molecule has 0 bridgehead atoms. The van der Waals surface area contributed by atoms with Crippen molar-refractivity contribution in [3.05, 3.63) is 54.1 Å². The molecular formula is C14H16. The van der Waals surface area contributed by atoms with Crippen LogP contribution in [0.4, 0.5) is 0 Å². The van der Waals surface area contributed by atoms with Gasteiger partial charge in [-0.2, -0.15) is 0 Å². The fraction of sp³-hybridized carbons (Fsp3) is 0.286. The molecule has 0 heteroatoms. The molecule has 0 nitrogen and oxygen atoms in total. The second kappa shape index (κ2) is 4.80. The van der Waals surface area contributed by atoms with Crippen LogP contribution >= 0.6 is 0 Å². The molecule has 0 saturated heterocycles. The van der Waals surface area contributed by atoms with E-state index in [9.17, 15) is 0 Å². The lowest BCUT2D eigenvalue weighted by Gasteiger charge is -2.11. The second-order valence-electron chi connectivity index (χ2n) is 3.79. The van der Waals surface area contributed by atoms with E-state index in [0.29, 0.717) is 5.92 Å². The summed E-state index contributed by atoms with van der Waals surface area (Å²) in [6.07, 6.45) is 13.0. The fourth-order valence-electron chi connectivity index (χ4n) is 1.80. The van der Waals surface area contributed by atoms with Crippen LogP contribution in [0.15, 0.2) is 48.6 Å². The number of allylic oxidation sites excluding steroid dienone is 3. The highest BCUT2D eigenvalue weighted by Crippen LogP contribution is 2.19. The first-order chi connectivity index (χ1) is 6.95. The third-order valence-electron chi connectivity index (χ3n) is 2.63. The molecular weight excluding hydrogens is 168 g/mol. The van der Waals surface area contributed by atoms with E-state index in [1.165, 1.54) is 24.8 Å². The maximum atomic E-state index is 2.32. The molecule has 1 aliphatic carbocycles. The van der Waals surface area contributed by atoms with Gasteiger partial charge >= 0.3 is 0 Å². The summed E-state index contributed by atoms with van der Waals surface area (Å²) in [5.41, 5.74) is 1.30. The Bertz CT molecular complexity index is 319. The van der Waals surface area contributed by atoms with E-state index in [1.807, 2.05) is 0 Å². The molecule has 0 spiro atoms. The zero-order valence-electron chi connectivity index (χ0n) is 8.39. The predicted octanol–water partition coefficient (Wildman–Crippen LogP) is 4.06. The zero-order valence-corrected chi connectivity index (χ0v) is 8.39. The molecule has 0 amide bonds. The van der Waals surface area contributed by atoms with Gasteiger partial charge in [-0.05, 0) is 30.7 Å². The smallest absolute Gasteiger partial charge is 0.00501 e. The zero-order chi connectivity index (χ0) is 9.64. The Labute approximate surface area is 86.0 Å². The van der Waals surface area contributed by atoms with Crippen LogP contribution in [-0.2, 0) is 0 Å². The molecule has 0 radical (unpaired) electrons. The van der Waals surface area contributed by atoms with E-state index in [-0.39, 0.29) is 0 Å². The molecule has 2 rings (SSSR count). The molecule has 1 aromatic rings. The molecule has 0 saturated carbocycles. The highest BCUT2D eigenvalue weighted by molar-refractivity contribution is 5.49. The average Bonchev–Trinajstić information content (AvgIpc) is 2.29. The summed E-state index contributed by atoms with van der Waals surface area (Å²) in [4.78, 5) is 0. The third kappa shape index (κ3) is 2.59. The summed E-state index contributed by atoms with van der Waals surface area (Å²) in [6.45, 7) is 0. The van der Waals surface area contributed by atoms with Gasteiger partial charge in [-0.1, -0.05) is 54.6 Å². The summed E-state index contributed by atoms with van der Waals surface area (Å²) in [7, 11) is 0. The van der Waals surface area contributed by atoms with Crippen molar-refractivity contribution in [1.82, 2.24) is 0 Å². The number of rotatable bonds is 2. The van der Waals surface area contributed by atoms with Gasteiger partial charge in [-0.3, -0.25) is 0 Å².